The first-order valence-corrected chi connectivity index (χ1v) is 5.82. The molecule has 0 radical (unpaired) electrons. The standard InChI is InChI=1S/C13H15F2NO2/c1-13(14,15)10-4-2-8(3-5-10)12(18)16-11-6-9(11)7-17/h2-5,9,11,17H,6-7H2,1H3,(H,16,18)/t9-,11+/m0/s1. The molecule has 0 bridgehead atoms. The number of rotatable bonds is 4. The van der Waals surface area contributed by atoms with Gasteiger partial charge in [0.05, 0.1) is 0 Å². The van der Waals surface area contributed by atoms with Gasteiger partial charge in [-0.05, 0) is 18.6 Å². The molecule has 0 saturated heterocycles. The maximum Gasteiger partial charge on any atom is 0.270 e. The number of carbonyl (C=O) groups is 1. The van der Waals surface area contributed by atoms with E-state index in [1.54, 1.807) is 0 Å². The number of aliphatic hydroxyl groups excluding tert-OH is 1. The van der Waals surface area contributed by atoms with Gasteiger partial charge in [-0.1, -0.05) is 12.1 Å². The third-order valence-electron chi connectivity index (χ3n) is 3.13. The predicted octanol–water partition coefficient (Wildman–Crippen LogP) is 1.91. The second-order valence-corrected chi connectivity index (χ2v) is 4.72. The van der Waals surface area contributed by atoms with Crippen LogP contribution in [0.3, 0.4) is 0 Å². The van der Waals surface area contributed by atoms with E-state index in [-0.39, 0.29) is 30.0 Å². The van der Waals surface area contributed by atoms with Gasteiger partial charge in [0.1, 0.15) is 0 Å². The monoisotopic (exact) mass is 255 g/mol. The lowest BCUT2D eigenvalue weighted by molar-refractivity contribution is 0.0174. The molecule has 0 aromatic heterocycles. The summed E-state index contributed by atoms with van der Waals surface area (Å²) in [6, 6.07) is 5.29. The summed E-state index contributed by atoms with van der Waals surface area (Å²) in [6.07, 6.45) is 0.771. The van der Waals surface area contributed by atoms with Crippen LogP contribution in [0.25, 0.3) is 0 Å². The van der Waals surface area contributed by atoms with Gasteiger partial charge in [0.15, 0.2) is 0 Å². The minimum Gasteiger partial charge on any atom is -0.396 e. The summed E-state index contributed by atoms with van der Waals surface area (Å²) < 4.78 is 26.0. The summed E-state index contributed by atoms with van der Waals surface area (Å²) in [6.45, 7) is 0.879. The first kappa shape index (κ1) is 13.0. The molecule has 0 spiro atoms. The summed E-state index contributed by atoms with van der Waals surface area (Å²) in [7, 11) is 0. The van der Waals surface area contributed by atoms with Crippen LogP contribution in [0.4, 0.5) is 8.78 Å². The van der Waals surface area contributed by atoms with Gasteiger partial charge >= 0.3 is 0 Å². The van der Waals surface area contributed by atoms with Gasteiger partial charge in [-0.3, -0.25) is 4.79 Å². The number of benzene rings is 1. The molecule has 2 rings (SSSR count). The van der Waals surface area contributed by atoms with Gasteiger partial charge < -0.3 is 10.4 Å². The summed E-state index contributed by atoms with van der Waals surface area (Å²) >= 11 is 0. The maximum atomic E-state index is 13.0. The molecular formula is C13H15F2NO2. The smallest absolute Gasteiger partial charge is 0.270 e. The van der Waals surface area contributed by atoms with Gasteiger partial charge in [-0.15, -0.1) is 0 Å². The van der Waals surface area contributed by atoms with E-state index in [1.807, 2.05) is 0 Å². The number of hydrogen-bond donors (Lipinski definition) is 2. The first-order valence-electron chi connectivity index (χ1n) is 5.82. The van der Waals surface area contributed by atoms with E-state index >= 15 is 0 Å². The van der Waals surface area contributed by atoms with Crippen molar-refractivity contribution in [2.24, 2.45) is 5.92 Å². The van der Waals surface area contributed by atoms with Crippen LogP contribution < -0.4 is 5.32 Å². The molecule has 5 heteroatoms. The molecule has 1 saturated carbocycles. The van der Waals surface area contributed by atoms with Crippen LogP contribution in [0.15, 0.2) is 24.3 Å². The minimum atomic E-state index is -2.90. The molecule has 1 fully saturated rings. The highest BCUT2D eigenvalue weighted by Crippen LogP contribution is 2.30. The maximum absolute atomic E-state index is 13.0. The van der Waals surface area contributed by atoms with E-state index in [1.165, 1.54) is 24.3 Å². The Hall–Kier alpha value is -1.49. The second kappa shape index (κ2) is 4.65. The topological polar surface area (TPSA) is 49.3 Å². The molecule has 1 aromatic carbocycles. The van der Waals surface area contributed by atoms with Crippen LogP contribution >= 0.6 is 0 Å². The lowest BCUT2D eigenvalue weighted by Crippen LogP contribution is -2.27. The van der Waals surface area contributed by atoms with E-state index in [4.69, 9.17) is 5.11 Å². The summed E-state index contributed by atoms with van der Waals surface area (Å²) in [5.74, 6) is -3.05. The van der Waals surface area contributed by atoms with Crippen LogP contribution in [0, 0.1) is 5.92 Å². The number of carbonyl (C=O) groups excluding carboxylic acids is 1. The zero-order valence-corrected chi connectivity index (χ0v) is 9.99. The summed E-state index contributed by atoms with van der Waals surface area (Å²) in [5, 5.41) is 11.6. The van der Waals surface area contributed by atoms with Crippen molar-refractivity contribution in [2.45, 2.75) is 25.3 Å². The Morgan fingerprint density at radius 3 is 2.50 bits per heavy atom. The molecular weight excluding hydrogens is 240 g/mol. The van der Waals surface area contributed by atoms with Crippen molar-refractivity contribution >= 4 is 5.91 Å². The fourth-order valence-electron chi connectivity index (χ4n) is 1.79. The quantitative estimate of drug-likeness (QED) is 0.863. The molecule has 1 aliphatic carbocycles. The van der Waals surface area contributed by atoms with Gasteiger partial charge in [0.25, 0.3) is 11.8 Å². The van der Waals surface area contributed by atoms with E-state index < -0.39 is 5.92 Å². The number of amides is 1. The Bertz CT molecular complexity index is 439. The van der Waals surface area contributed by atoms with Crippen molar-refractivity contribution in [1.82, 2.24) is 5.32 Å². The normalized spacial score (nSPS) is 22.7. The van der Waals surface area contributed by atoms with Crippen LogP contribution in [0.5, 0.6) is 0 Å². The summed E-state index contributed by atoms with van der Waals surface area (Å²) in [5.41, 5.74) is 0.241. The second-order valence-electron chi connectivity index (χ2n) is 4.72. The van der Waals surface area contributed by atoms with Crippen molar-refractivity contribution in [1.29, 1.82) is 0 Å². The molecule has 18 heavy (non-hydrogen) atoms. The molecule has 0 unspecified atom stereocenters. The van der Waals surface area contributed by atoms with Crippen molar-refractivity contribution in [3.63, 3.8) is 0 Å². The van der Waals surface area contributed by atoms with Crippen LogP contribution in [0.1, 0.15) is 29.3 Å². The first-order chi connectivity index (χ1) is 8.41. The average molecular weight is 255 g/mol. The lowest BCUT2D eigenvalue weighted by atomic mass is 10.1. The Balaban J connectivity index is 1.99. The molecule has 0 aliphatic heterocycles. The minimum absolute atomic E-state index is 0.00907. The SMILES string of the molecule is CC(F)(F)c1ccc(C(=O)N[C@@H]2C[C@H]2CO)cc1. The third kappa shape index (κ3) is 2.85. The number of hydrogen-bond acceptors (Lipinski definition) is 2. The lowest BCUT2D eigenvalue weighted by Gasteiger charge is -2.11. The predicted molar refractivity (Wildman–Crippen MR) is 62.5 cm³/mol. The molecule has 2 N–H and O–H groups in total. The molecule has 1 aliphatic rings. The Kier molecular flexibility index (Phi) is 3.34. The molecule has 0 heterocycles. The number of nitrogens with one attached hydrogen (secondary N) is 1. The van der Waals surface area contributed by atoms with Crippen LogP contribution in [-0.4, -0.2) is 23.7 Å². The fourth-order valence-corrected chi connectivity index (χ4v) is 1.79. The van der Waals surface area contributed by atoms with Crippen molar-refractivity contribution in [3.05, 3.63) is 35.4 Å². The zero-order chi connectivity index (χ0) is 13.3. The number of halogens is 2. The van der Waals surface area contributed by atoms with Gasteiger partial charge in [0, 0.05) is 36.6 Å². The molecule has 98 valence electrons. The highest BCUT2D eigenvalue weighted by molar-refractivity contribution is 5.94. The fraction of sp³-hybridized carbons (Fsp3) is 0.462. The summed E-state index contributed by atoms with van der Waals surface area (Å²) in [4.78, 5) is 11.7. The highest BCUT2D eigenvalue weighted by atomic mass is 19.3. The number of alkyl halides is 2. The van der Waals surface area contributed by atoms with Gasteiger partial charge in [0.2, 0.25) is 0 Å². The van der Waals surface area contributed by atoms with E-state index in [0.29, 0.717) is 5.56 Å². The van der Waals surface area contributed by atoms with Crippen molar-refractivity contribution in [3.8, 4) is 0 Å². The van der Waals surface area contributed by atoms with Crippen LogP contribution in [0.2, 0.25) is 0 Å². The number of aliphatic hydroxyl groups is 1. The Labute approximate surface area is 104 Å². The van der Waals surface area contributed by atoms with Crippen molar-refractivity contribution in [2.75, 3.05) is 6.61 Å². The van der Waals surface area contributed by atoms with Crippen molar-refractivity contribution < 1.29 is 18.7 Å². The Morgan fingerprint density at radius 1 is 1.44 bits per heavy atom. The molecule has 2 atom stereocenters. The van der Waals surface area contributed by atoms with E-state index in [9.17, 15) is 13.6 Å². The van der Waals surface area contributed by atoms with Gasteiger partial charge in [-0.25, -0.2) is 8.78 Å². The highest BCUT2D eigenvalue weighted by Gasteiger charge is 2.37. The molecule has 1 amide bonds. The molecule has 3 nitrogen and oxygen atoms in total. The third-order valence-corrected chi connectivity index (χ3v) is 3.13. The largest absolute Gasteiger partial charge is 0.396 e. The molecule has 1 aromatic rings. The van der Waals surface area contributed by atoms with Crippen LogP contribution in [-0.2, 0) is 5.92 Å². The van der Waals surface area contributed by atoms with E-state index in [2.05, 4.69) is 5.32 Å². The zero-order valence-electron chi connectivity index (χ0n) is 9.99. The average Bonchev–Trinajstić information content (AvgIpc) is 3.06. The van der Waals surface area contributed by atoms with Gasteiger partial charge in [-0.2, -0.15) is 0 Å². The van der Waals surface area contributed by atoms with E-state index in [0.717, 1.165) is 13.3 Å². The Morgan fingerprint density at radius 2 is 2.06 bits per heavy atom.